The van der Waals surface area contributed by atoms with E-state index in [0.29, 0.717) is 5.52 Å². The van der Waals surface area contributed by atoms with Gasteiger partial charge in [-0.3, -0.25) is 4.57 Å². The van der Waals surface area contributed by atoms with Gasteiger partial charge in [0.15, 0.2) is 17.4 Å². The fraction of sp³-hybridized carbons (Fsp3) is 0.615. The molecule has 0 aliphatic carbocycles. The van der Waals surface area contributed by atoms with E-state index in [-0.39, 0.29) is 50.2 Å². The Bertz CT molecular complexity index is 761. The lowest BCUT2D eigenvalue weighted by atomic mass is 10.4. The quantitative estimate of drug-likeness (QED) is 0.442. The highest BCUT2D eigenvalue weighted by Gasteiger charge is 2.25. The standard InChI is InChI=1S/C13H23N6O6P/c1-3-23-26(21,24-4-2)8-22-6-9(5-20)25-19-7-16-10-11(14)17-13(15)18-12(10)19/h7,9,20H,3-6,8H2,1-2H3,(H4,14,15,17,18). The molecule has 0 saturated heterocycles. The summed E-state index contributed by atoms with van der Waals surface area (Å²) in [6, 6.07) is 0. The number of anilines is 2. The molecule has 1 atom stereocenters. The molecule has 146 valence electrons. The Labute approximate surface area is 149 Å². The molecule has 2 aromatic rings. The maximum absolute atomic E-state index is 12.3. The van der Waals surface area contributed by atoms with Crippen LogP contribution in [0.4, 0.5) is 11.8 Å². The van der Waals surface area contributed by atoms with Gasteiger partial charge in [-0.15, -0.1) is 0 Å². The van der Waals surface area contributed by atoms with Gasteiger partial charge in [-0.1, -0.05) is 0 Å². The van der Waals surface area contributed by atoms with E-state index < -0.39 is 13.7 Å². The molecule has 12 nitrogen and oxygen atoms in total. The van der Waals surface area contributed by atoms with Crippen LogP contribution >= 0.6 is 7.60 Å². The Morgan fingerprint density at radius 1 is 1.27 bits per heavy atom. The zero-order valence-corrected chi connectivity index (χ0v) is 15.5. The van der Waals surface area contributed by atoms with Crippen molar-refractivity contribution >= 4 is 30.5 Å². The fourth-order valence-electron chi connectivity index (χ4n) is 2.08. The number of nitrogen functional groups attached to an aromatic ring is 2. The summed E-state index contributed by atoms with van der Waals surface area (Å²) in [6.07, 6.45) is 0.270. The van der Waals surface area contributed by atoms with Crippen LogP contribution in [-0.2, 0) is 18.3 Å². The minimum Gasteiger partial charge on any atom is -0.403 e. The average Bonchev–Trinajstić information content (AvgIpc) is 2.97. The molecule has 0 aliphatic rings. The van der Waals surface area contributed by atoms with Gasteiger partial charge in [0.2, 0.25) is 11.6 Å². The number of hydrogen-bond donors (Lipinski definition) is 3. The van der Waals surface area contributed by atoms with E-state index in [4.69, 9.17) is 30.1 Å². The third kappa shape index (κ3) is 5.02. The van der Waals surface area contributed by atoms with E-state index in [9.17, 15) is 9.67 Å². The summed E-state index contributed by atoms with van der Waals surface area (Å²) in [5.41, 5.74) is 11.9. The van der Waals surface area contributed by atoms with Crippen molar-refractivity contribution in [1.82, 2.24) is 19.7 Å². The largest absolute Gasteiger partial charge is 0.403 e. The lowest BCUT2D eigenvalue weighted by Crippen LogP contribution is -2.33. The van der Waals surface area contributed by atoms with E-state index >= 15 is 0 Å². The molecule has 26 heavy (non-hydrogen) atoms. The van der Waals surface area contributed by atoms with Gasteiger partial charge in [-0.2, -0.15) is 14.7 Å². The average molecular weight is 390 g/mol. The first kappa shape index (κ1) is 20.3. The van der Waals surface area contributed by atoms with Gasteiger partial charge < -0.3 is 35.2 Å². The van der Waals surface area contributed by atoms with Crippen LogP contribution in [0.1, 0.15) is 13.8 Å². The third-order valence-corrected chi connectivity index (χ3v) is 4.88. The number of fused-ring (bicyclic) bond motifs is 1. The first-order chi connectivity index (χ1) is 12.4. The van der Waals surface area contributed by atoms with Crippen molar-refractivity contribution in [3.8, 4) is 0 Å². The minimum absolute atomic E-state index is 0.0356. The molecule has 2 heterocycles. The third-order valence-electron chi connectivity index (χ3n) is 3.08. The van der Waals surface area contributed by atoms with Gasteiger partial charge in [0.05, 0.1) is 26.4 Å². The van der Waals surface area contributed by atoms with Gasteiger partial charge >= 0.3 is 7.60 Å². The summed E-state index contributed by atoms with van der Waals surface area (Å²) < 4.78 is 29.1. The Morgan fingerprint density at radius 2 is 1.96 bits per heavy atom. The monoisotopic (exact) mass is 390 g/mol. The first-order valence-electron chi connectivity index (χ1n) is 7.92. The normalized spacial score (nSPS) is 13.2. The van der Waals surface area contributed by atoms with Gasteiger partial charge in [0.25, 0.3) is 0 Å². The predicted octanol–water partition coefficient (Wildman–Crippen LogP) is 0.0204. The molecule has 0 amide bonds. The number of aromatic nitrogens is 4. The van der Waals surface area contributed by atoms with E-state index in [1.807, 2.05) is 0 Å². The van der Waals surface area contributed by atoms with E-state index in [0.717, 1.165) is 0 Å². The van der Waals surface area contributed by atoms with Gasteiger partial charge in [0.1, 0.15) is 12.7 Å². The molecule has 5 N–H and O–H groups in total. The van der Waals surface area contributed by atoms with Crippen molar-refractivity contribution in [2.45, 2.75) is 20.0 Å². The number of aliphatic hydroxyl groups excluding tert-OH is 1. The highest BCUT2D eigenvalue weighted by molar-refractivity contribution is 7.53. The summed E-state index contributed by atoms with van der Waals surface area (Å²) in [6.45, 7) is 3.41. The second-order valence-corrected chi connectivity index (χ2v) is 7.06. The highest BCUT2D eigenvalue weighted by atomic mass is 31.2. The second kappa shape index (κ2) is 9.10. The van der Waals surface area contributed by atoms with E-state index in [2.05, 4.69) is 15.0 Å². The first-order valence-corrected chi connectivity index (χ1v) is 9.65. The SMILES string of the molecule is CCOP(=O)(COCC(CO)On1cnc2c(N)nc(N)nc21)OCC. The van der Waals surface area contributed by atoms with Gasteiger partial charge in [0, 0.05) is 0 Å². The molecule has 13 heteroatoms. The highest BCUT2D eigenvalue weighted by Crippen LogP contribution is 2.47. The van der Waals surface area contributed by atoms with Crippen LogP contribution in [-0.4, -0.2) is 63.7 Å². The molecular weight excluding hydrogens is 367 g/mol. The Hall–Kier alpha value is -1.98. The number of nitrogens with two attached hydrogens (primary N) is 2. The molecule has 1 unspecified atom stereocenters. The lowest BCUT2D eigenvalue weighted by molar-refractivity contribution is -0.0405. The maximum atomic E-state index is 12.3. The molecule has 0 saturated carbocycles. The fourth-order valence-corrected chi connectivity index (χ4v) is 3.41. The molecule has 2 rings (SSSR count). The Balaban J connectivity index is 2.01. The molecule has 2 aromatic heterocycles. The number of hydrogen-bond acceptors (Lipinski definition) is 11. The van der Waals surface area contributed by atoms with Crippen molar-refractivity contribution in [2.24, 2.45) is 0 Å². The van der Waals surface area contributed by atoms with E-state index in [1.54, 1.807) is 13.8 Å². The molecule has 0 radical (unpaired) electrons. The van der Waals surface area contributed by atoms with Crippen LogP contribution in [0.2, 0.25) is 0 Å². The van der Waals surface area contributed by atoms with E-state index in [1.165, 1.54) is 11.1 Å². The minimum atomic E-state index is -3.34. The van der Waals surface area contributed by atoms with Crippen molar-refractivity contribution < 1.29 is 28.3 Å². The van der Waals surface area contributed by atoms with Crippen LogP contribution in [0.5, 0.6) is 0 Å². The Kier molecular flexibility index (Phi) is 7.12. The van der Waals surface area contributed by atoms with Crippen LogP contribution in [0.15, 0.2) is 6.33 Å². The molecule has 0 aliphatic heterocycles. The van der Waals surface area contributed by atoms with Crippen molar-refractivity contribution in [2.75, 3.05) is 44.2 Å². The molecule has 0 aromatic carbocycles. The maximum Gasteiger partial charge on any atom is 0.356 e. The molecule has 0 spiro atoms. The summed E-state index contributed by atoms with van der Waals surface area (Å²) in [7, 11) is -3.34. The van der Waals surface area contributed by atoms with Crippen molar-refractivity contribution in [1.29, 1.82) is 0 Å². The topological polar surface area (TPSA) is 170 Å². The van der Waals surface area contributed by atoms with Crippen molar-refractivity contribution in [3.05, 3.63) is 6.33 Å². The van der Waals surface area contributed by atoms with Gasteiger partial charge in [-0.25, -0.2) is 4.98 Å². The number of aliphatic hydroxyl groups is 1. The van der Waals surface area contributed by atoms with Crippen LogP contribution in [0.25, 0.3) is 11.2 Å². The molecule has 0 bridgehead atoms. The second-order valence-electron chi connectivity index (χ2n) is 5.07. The van der Waals surface area contributed by atoms with Gasteiger partial charge in [-0.05, 0) is 13.8 Å². The smallest absolute Gasteiger partial charge is 0.356 e. The zero-order valence-electron chi connectivity index (χ0n) is 14.6. The zero-order chi connectivity index (χ0) is 19.2. The lowest BCUT2D eigenvalue weighted by Gasteiger charge is -2.20. The summed E-state index contributed by atoms with van der Waals surface area (Å²) in [4.78, 5) is 17.4. The van der Waals surface area contributed by atoms with Crippen LogP contribution < -0.4 is 16.3 Å². The molecule has 0 fully saturated rings. The van der Waals surface area contributed by atoms with Crippen LogP contribution in [0, 0.1) is 0 Å². The predicted molar refractivity (Wildman–Crippen MR) is 93.3 cm³/mol. The number of ether oxygens (including phenoxy) is 1. The van der Waals surface area contributed by atoms with Crippen LogP contribution in [0.3, 0.4) is 0 Å². The number of imidazole rings is 1. The number of rotatable bonds is 11. The Morgan fingerprint density at radius 3 is 2.58 bits per heavy atom. The summed E-state index contributed by atoms with van der Waals surface area (Å²) in [5, 5.41) is 9.49. The number of nitrogens with zero attached hydrogens (tertiary/aromatic N) is 4. The summed E-state index contributed by atoms with van der Waals surface area (Å²) in [5.74, 6) is 0.0764. The van der Waals surface area contributed by atoms with Crippen molar-refractivity contribution in [3.63, 3.8) is 0 Å². The summed E-state index contributed by atoms with van der Waals surface area (Å²) >= 11 is 0. The molecular formula is C13H23N6O6P.